The number of amides is 1. The molecule has 1 aliphatic heterocycles. The topological polar surface area (TPSA) is 73.6 Å². The molecule has 0 radical (unpaired) electrons. The first kappa shape index (κ1) is 19.2. The number of halogens is 4. The molecule has 9 heteroatoms. The number of anilines is 1. The van der Waals surface area contributed by atoms with Crippen molar-refractivity contribution in [1.82, 2.24) is 5.32 Å². The van der Waals surface area contributed by atoms with E-state index in [1.165, 1.54) is 0 Å². The Labute approximate surface area is 158 Å². The van der Waals surface area contributed by atoms with Crippen LogP contribution in [0.2, 0.25) is 5.02 Å². The highest BCUT2D eigenvalue weighted by atomic mass is 35.5. The largest absolute Gasteiger partial charge is 0.485 e. The second kappa shape index (κ2) is 7.19. The van der Waals surface area contributed by atoms with E-state index < -0.39 is 23.8 Å². The molecule has 5 nitrogen and oxygen atoms in total. The van der Waals surface area contributed by atoms with Crippen molar-refractivity contribution >= 4 is 23.2 Å². The van der Waals surface area contributed by atoms with E-state index in [1.807, 2.05) is 0 Å². The summed E-state index contributed by atoms with van der Waals surface area (Å²) in [5, 5.41) is 3.13. The second-order valence-electron chi connectivity index (χ2n) is 6.09. The molecule has 0 fully saturated rings. The number of benzene rings is 2. The molecule has 27 heavy (non-hydrogen) atoms. The molecular weight excluding hydrogens is 385 g/mol. The SMILES string of the molecule is C[C@@H](NC(=O)[C@H]1COc2cc(C(F)(F)F)ccc2O1)c1ccc(N)c(Cl)c1. The number of carbonyl (C=O) groups excluding carboxylic acids is 1. The number of nitrogens with two attached hydrogens (primary N) is 1. The number of nitrogen functional groups attached to an aromatic ring is 1. The Morgan fingerprint density at radius 1 is 1.26 bits per heavy atom. The summed E-state index contributed by atoms with van der Waals surface area (Å²) in [6.45, 7) is 1.56. The zero-order valence-corrected chi connectivity index (χ0v) is 14.9. The molecule has 0 unspecified atom stereocenters. The van der Waals surface area contributed by atoms with Gasteiger partial charge >= 0.3 is 6.18 Å². The third kappa shape index (κ3) is 4.21. The first-order chi connectivity index (χ1) is 12.6. The molecule has 2 aromatic rings. The first-order valence-corrected chi connectivity index (χ1v) is 8.39. The molecule has 1 heterocycles. The van der Waals surface area contributed by atoms with Gasteiger partial charge in [0.25, 0.3) is 5.91 Å². The van der Waals surface area contributed by atoms with Crippen molar-refractivity contribution in [3.05, 3.63) is 52.5 Å². The highest BCUT2D eigenvalue weighted by Gasteiger charge is 2.34. The van der Waals surface area contributed by atoms with Crippen LogP contribution in [0.1, 0.15) is 24.1 Å². The fraction of sp³-hybridized carbons (Fsp3) is 0.278. The van der Waals surface area contributed by atoms with Crippen LogP contribution in [0.25, 0.3) is 0 Å². The van der Waals surface area contributed by atoms with E-state index in [0.29, 0.717) is 10.7 Å². The minimum atomic E-state index is -4.48. The summed E-state index contributed by atoms with van der Waals surface area (Å²) in [6.07, 6.45) is -5.47. The summed E-state index contributed by atoms with van der Waals surface area (Å²) in [4.78, 5) is 12.4. The van der Waals surface area contributed by atoms with Crippen LogP contribution in [-0.4, -0.2) is 18.6 Å². The van der Waals surface area contributed by atoms with Crippen molar-refractivity contribution in [3.8, 4) is 11.5 Å². The van der Waals surface area contributed by atoms with Gasteiger partial charge in [0, 0.05) is 0 Å². The van der Waals surface area contributed by atoms with Crippen molar-refractivity contribution in [2.24, 2.45) is 0 Å². The molecule has 144 valence electrons. The predicted molar refractivity (Wildman–Crippen MR) is 93.8 cm³/mol. The summed E-state index contributed by atoms with van der Waals surface area (Å²) in [5.41, 5.74) is 5.99. The Balaban J connectivity index is 1.67. The molecule has 0 saturated carbocycles. The lowest BCUT2D eigenvalue weighted by Gasteiger charge is -2.27. The third-order valence-electron chi connectivity index (χ3n) is 4.11. The Kier molecular flexibility index (Phi) is 5.10. The van der Waals surface area contributed by atoms with Crippen molar-refractivity contribution in [2.75, 3.05) is 12.3 Å². The van der Waals surface area contributed by atoms with E-state index >= 15 is 0 Å². The number of hydrogen-bond donors (Lipinski definition) is 2. The maximum Gasteiger partial charge on any atom is 0.416 e. The van der Waals surface area contributed by atoms with Crippen LogP contribution in [0.5, 0.6) is 11.5 Å². The summed E-state index contributed by atoms with van der Waals surface area (Å²) in [5.74, 6) is -0.425. The van der Waals surface area contributed by atoms with E-state index in [4.69, 9.17) is 26.8 Å². The molecule has 1 amide bonds. The summed E-state index contributed by atoms with van der Waals surface area (Å²) in [7, 11) is 0. The minimum Gasteiger partial charge on any atom is -0.485 e. The normalized spacial score (nSPS) is 17.3. The van der Waals surface area contributed by atoms with E-state index in [1.54, 1.807) is 25.1 Å². The molecular formula is C18H16ClF3N2O3. The van der Waals surface area contributed by atoms with E-state index in [-0.39, 0.29) is 24.1 Å². The van der Waals surface area contributed by atoms with Crippen molar-refractivity contribution in [1.29, 1.82) is 0 Å². The van der Waals surface area contributed by atoms with Gasteiger partial charge in [-0.3, -0.25) is 4.79 Å². The van der Waals surface area contributed by atoms with Crippen LogP contribution in [-0.2, 0) is 11.0 Å². The Morgan fingerprint density at radius 2 is 2.00 bits per heavy atom. The molecule has 0 aliphatic carbocycles. The number of ether oxygens (including phenoxy) is 2. The van der Waals surface area contributed by atoms with Gasteiger partial charge in [0.05, 0.1) is 22.3 Å². The Hall–Kier alpha value is -2.61. The van der Waals surface area contributed by atoms with Crippen molar-refractivity contribution in [2.45, 2.75) is 25.2 Å². The number of alkyl halides is 3. The molecule has 1 aliphatic rings. The number of hydrogen-bond acceptors (Lipinski definition) is 4. The van der Waals surface area contributed by atoms with Gasteiger partial charge in [-0.05, 0) is 42.8 Å². The number of carbonyl (C=O) groups is 1. The van der Waals surface area contributed by atoms with Crippen LogP contribution < -0.4 is 20.5 Å². The van der Waals surface area contributed by atoms with Crippen LogP contribution in [0.15, 0.2) is 36.4 Å². The number of rotatable bonds is 3. The van der Waals surface area contributed by atoms with E-state index in [0.717, 1.165) is 23.8 Å². The van der Waals surface area contributed by atoms with Gasteiger partial charge in [0.15, 0.2) is 11.5 Å². The molecule has 3 N–H and O–H groups in total. The Morgan fingerprint density at radius 3 is 2.67 bits per heavy atom. The van der Waals surface area contributed by atoms with Crippen LogP contribution >= 0.6 is 11.6 Å². The van der Waals surface area contributed by atoms with E-state index in [2.05, 4.69) is 5.32 Å². The summed E-state index contributed by atoms with van der Waals surface area (Å²) < 4.78 is 49.0. The molecule has 0 spiro atoms. The maximum absolute atomic E-state index is 12.7. The van der Waals surface area contributed by atoms with Gasteiger partial charge in [-0.15, -0.1) is 0 Å². The first-order valence-electron chi connectivity index (χ1n) is 8.01. The zero-order valence-electron chi connectivity index (χ0n) is 14.1. The quantitative estimate of drug-likeness (QED) is 0.765. The fourth-order valence-electron chi connectivity index (χ4n) is 2.58. The van der Waals surface area contributed by atoms with Gasteiger partial charge < -0.3 is 20.5 Å². The molecule has 0 bridgehead atoms. The minimum absolute atomic E-state index is 0.0489. The van der Waals surface area contributed by atoms with Gasteiger partial charge in [-0.2, -0.15) is 13.2 Å². The standard InChI is InChI=1S/C18H16ClF3N2O3/c1-9(10-2-4-13(23)12(19)6-10)24-17(25)16-8-26-15-7-11(18(20,21)22)3-5-14(15)27-16/h2-7,9,16H,8,23H2,1H3,(H,24,25)/t9-,16-/m1/s1. The monoisotopic (exact) mass is 400 g/mol. The Bertz CT molecular complexity index is 873. The molecule has 3 rings (SSSR count). The summed E-state index contributed by atoms with van der Waals surface area (Å²) in [6, 6.07) is 7.50. The van der Waals surface area contributed by atoms with Gasteiger partial charge in [-0.1, -0.05) is 17.7 Å². The van der Waals surface area contributed by atoms with Gasteiger partial charge in [0.2, 0.25) is 6.10 Å². The zero-order chi connectivity index (χ0) is 19.8. The maximum atomic E-state index is 12.7. The lowest BCUT2D eigenvalue weighted by molar-refractivity contribution is -0.138. The average molecular weight is 401 g/mol. The molecule has 2 aromatic carbocycles. The molecule has 0 aromatic heterocycles. The summed E-state index contributed by atoms with van der Waals surface area (Å²) >= 11 is 5.98. The van der Waals surface area contributed by atoms with Gasteiger partial charge in [-0.25, -0.2) is 0 Å². The lowest BCUT2D eigenvalue weighted by Crippen LogP contribution is -2.44. The van der Waals surface area contributed by atoms with Crippen LogP contribution in [0, 0.1) is 0 Å². The average Bonchev–Trinajstić information content (AvgIpc) is 2.62. The van der Waals surface area contributed by atoms with Gasteiger partial charge in [0.1, 0.15) is 6.61 Å². The fourth-order valence-corrected chi connectivity index (χ4v) is 2.77. The number of nitrogens with one attached hydrogen (secondary N) is 1. The molecule has 0 saturated heterocycles. The predicted octanol–water partition coefficient (Wildman–Crippen LogP) is 3.96. The highest BCUT2D eigenvalue weighted by molar-refractivity contribution is 6.33. The molecule has 2 atom stereocenters. The lowest BCUT2D eigenvalue weighted by atomic mass is 10.1. The van der Waals surface area contributed by atoms with E-state index in [9.17, 15) is 18.0 Å². The van der Waals surface area contributed by atoms with Crippen molar-refractivity contribution in [3.63, 3.8) is 0 Å². The van der Waals surface area contributed by atoms with Crippen LogP contribution in [0.3, 0.4) is 0 Å². The van der Waals surface area contributed by atoms with Crippen molar-refractivity contribution < 1.29 is 27.4 Å². The van der Waals surface area contributed by atoms with Crippen LogP contribution in [0.4, 0.5) is 18.9 Å². The third-order valence-corrected chi connectivity index (χ3v) is 4.43. The second-order valence-corrected chi connectivity index (χ2v) is 6.50. The number of fused-ring (bicyclic) bond motifs is 1. The smallest absolute Gasteiger partial charge is 0.416 e. The highest BCUT2D eigenvalue weighted by Crippen LogP contribution is 2.38.